The molecule has 5 nitrogen and oxygen atoms in total. The minimum absolute atomic E-state index is 0.0892. The second kappa shape index (κ2) is 10.2. The Labute approximate surface area is 184 Å². The molecule has 1 heterocycles. The summed E-state index contributed by atoms with van der Waals surface area (Å²) in [6.07, 6.45) is 6.62. The monoisotopic (exact) mass is 421 g/mol. The van der Waals surface area contributed by atoms with E-state index in [9.17, 15) is 4.79 Å². The van der Waals surface area contributed by atoms with Gasteiger partial charge in [-0.25, -0.2) is 0 Å². The van der Waals surface area contributed by atoms with E-state index in [1.54, 1.807) is 26.6 Å². The maximum absolute atomic E-state index is 12.4. The summed E-state index contributed by atoms with van der Waals surface area (Å²) in [5.74, 6) is 1.41. The van der Waals surface area contributed by atoms with Crippen LogP contribution in [0.25, 0.3) is 27.7 Å². The van der Waals surface area contributed by atoms with Gasteiger partial charge in [0, 0.05) is 34.7 Å². The van der Waals surface area contributed by atoms with Crippen molar-refractivity contribution in [2.45, 2.75) is 40.0 Å². The van der Waals surface area contributed by atoms with Crippen molar-refractivity contribution in [3.63, 3.8) is 0 Å². The van der Waals surface area contributed by atoms with Crippen LogP contribution in [0.5, 0.6) is 11.5 Å². The molecule has 0 aliphatic heterocycles. The summed E-state index contributed by atoms with van der Waals surface area (Å²) >= 11 is 0. The van der Waals surface area contributed by atoms with Gasteiger partial charge in [-0.05, 0) is 49.6 Å². The molecule has 5 heteroatoms. The van der Waals surface area contributed by atoms with Crippen molar-refractivity contribution in [1.29, 1.82) is 0 Å². The van der Waals surface area contributed by atoms with E-state index in [0.717, 1.165) is 63.8 Å². The van der Waals surface area contributed by atoms with Gasteiger partial charge in [0.05, 0.1) is 20.5 Å². The Bertz CT molecular complexity index is 1090. The van der Waals surface area contributed by atoms with Crippen LogP contribution in [0.4, 0.5) is 0 Å². The van der Waals surface area contributed by atoms with Gasteiger partial charge in [0.2, 0.25) is 5.91 Å². The van der Waals surface area contributed by atoms with Crippen LogP contribution in [-0.4, -0.2) is 26.7 Å². The lowest BCUT2D eigenvalue weighted by Gasteiger charge is -2.13. The standard InChI is InChI=1S/C26H31NO4/c1-6-7-8-12-27-24(28)13-17(2)21-15-22-23(19-10-9-11-20(14-19)29-4)16-31-26(22)18(3)25(21)30-5/h9-11,13-16H,6-8,12H2,1-5H3,(H,27,28)/b17-13+. The summed E-state index contributed by atoms with van der Waals surface area (Å²) in [6, 6.07) is 9.92. The number of benzene rings is 2. The number of aryl methyl sites for hydroxylation is 1. The maximum atomic E-state index is 12.4. The molecule has 0 unspecified atom stereocenters. The second-order valence-electron chi connectivity index (χ2n) is 7.67. The lowest BCUT2D eigenvalue weighted by atomic mass is 9.96. The predicted octanol–water partition coefficient (Wildman–Crippen LogP) is 6.14. The van der Waals surface area contributed by atoms with Crippen LogP contribution in [0.2, 0.25) is 0 Å². The number of carbonyl (C=O) groups is 1. The summed E-state index contributed by atoms with van der Waals surface area (Å²) in [6.45, 7) is 6.74. The Hall–Kier alpha value is -3.21. The lowest BCUT2D eigenvalue weighted by molar-refractivity contribution is -0.116. The molecule has 0 atom stereocenters. The average Bonchev–Trinajstić information content (AvgIpc) is 3.21. The van der Waals surface area contributed by atoms with E-state index in [-0.39, 0.29) is 5.91 Å². The first-order valence-electron chi connectivity index (χ1n) is 10.7. The zero-order valence-corrected chi connectivity index (χ0v) is 19.0. The Morgan fingerprint density at radius 3 is 2.68 bits per heavy atom. The van der Waals surface area contributed by atoms with Crippen molar-refractivity contribution in [2.24, 2.45) is 0 Å². The first-order valence-corrected chi connectivity index (χ1v) is 10.7. The van der Waals surface area contributed by atoms with Gasteiger partial charge in [-0.15, -0.1) is 0 Å². The van der Waals surface area contributed by atoms with E-state index in [1.165, 1.54) is 0 Å². The van der Waals surface area contributed by atoms with Crippen molar-refractivity contribution in [1.82, 2.24) is 5.32 Å². The summed E-state index contributed by atoms with van der Waals surface area (Å²) < 4.78 is 17.0. The number of rotatable bonds is 9. The summed E-state index contributed by atoms with van der Waals surface area (Å²) in [5.41, 5.74) is 5.37. The fourth-order valence-electron chi connectivity index (χ4n) is 3.80. The van der Waals surface area contributed by atoms with E-state index in [0.29, 0.717) is 12.3 Å². The number of carbonyl (C=O) groups excluding carboxylic acids is 1. The van der Waals surface area contributed by atoms with E-state index in [4.69, 9.17) is 13.9 Å². The largest absolute Gasteiger partial charge is 0.497 e. The van der Waals surface area contributed by atoms with Gasteiger partial charge in [-0.1, -0.05) is 31.9 Å². The zero-order chi connectivity index (χ0) is 22.4. The van der Waals surface area contributed by atoms with E-state index >= 15 is 0 Å². The summed E-state index contributed by atoms with van der Waals surface area (Å²) in [5, 5.41) is 3.93. The Morgan fingerprint density at radius 2 is 1.97 bits per heavy atom. The van der Waals surface area contributed by atoms with Crippen LogP contribution in [0.3, 0.4) is 0 Å². The molecule has 0 bridgehead atoms. The van der Waals surface area contributed by atoms with Gasteiger partial charge in [0.15, 0.2) is 0 Å². The molecule has 3 rings (SSSR count). The maximum Gasteiger partial charge on any atom is 0.244 e. The highest BCUT2D eigenvalue weighted by Crippen LogP contribution is 2.41. The third-order valence-electron chi connectivity index (χ3n) is 5.48. The van der Waals surface area contributed by atoms with Crippen molar-refractivity contribution < 1.29 is 18.7 Å². The van der Waals surface area contributed by atoms with Crippen molar-refractivity contribution in [3.05, 3.63) is 53.8 Å². The Balaban J connectivity index is 2.02. The molecule has 31 heavy (non-hydrogen) atoms. The molecule has 0 aliphatic rings. The van der Waals surface area contributed by atoms with Gasteiger partial charge in [-0.2, -0.15) is 0 Å². The number of unbranched alkanes of at least 4 members (excludes halogenated alkanes) is 2. The number of furan rings is 1. The number of ether oxygens (including phenoxy) is 2. The normalized spacial score (nSPS) is 11.6. The number of amides is 1. The fraction of sp³-hybridized carbons (Fsp3) is 0.346. The number of hydrogen-bond acceptors (Lipinski definition) is 4. The average molecular weight is 422 g/mol. The molecule has 0 aliphatic carbocycles. The number of nitrogens with one attached hydrogen (secondary N) is 1. The fourth-order valence-corrected chi connectivity index (χ4v) is 3.80. The summed E-state index contributed by atoms with van der Waals surface area (Å²) in [4.78, 5) is 12.4. The predicted molar refractivity (Wildman–Crippen MR) is 126 cm³/mol. The summed E-state index contributed by atoms with van der Waals surface area (Å²) in [7, 11) is 3.29. The van der Waals surface area contributed by atoms with Crippen LogP contribution in [0.15, 0.2) is 47.1 Å². The molecule has 0 radical (unpaired) electrons. The second-order valence-corrected chi connectivity index (χ2v) is 7.67. The smallest absolute Gasteiger partial charge is 0.244 e. The number of hydrogen-bond donors (Lipinski definition) is 1. The van der Waals surface area contributed by atoms with Gasteiger partial charge in [-0.3, -0.25) is 4.79 Å². The zero-order valence-electron chi connectivity index (χ0n) is 19.0. The van der Waals surface area contributed by atoms with Crippen molar-refractivity contribution in [2.75, 3.05) is 20.8 Å². The van der Waals surface area contributed by atoms with E-state index < -0.39 is 0 Å². The minimum Gasteiger partial charge on any atom is -0.497 e. The molecule has 0 saturated carbocycles. The molecule has 0 saturated heterocycles. The molecule has 3 aromatic rings. The Kier molecular flexibility index (Phi) is 7.40. The molecule has 1 N–H and O–H groups in total. The van der Waals surface area contributed by atoms with Crippen molar-refractivity contribution >= 4 is 22.4 Å². The number of allylic oxidation sites excluding steroid dienone is 1. The van der Waals surface area contributed by atoms with Crippen LogP contribution >= 0.6 is 0 Å². The number of methoxy groups -OCH3 is 2. The minimum atomic E-state index is -0.0892. The van der Waals surface area contributed by atoms with Crippen molar-refractivity contribution in [3.8, 4) is 22.6 Å². The molecule has 1 aromatic heterocycles. The Morgan fingerprint density at radius 1 is 1.16 bits per heavy atom. The molecular formula is C26H31NO4. The van der Waals surface area contributed by atoms with Gasteiger partial charge >= 0.3 is 0 Å². The van der Waals surface area contributed by atoms with E-state index in [1.807, 2.05) is 44.2 Å². The number of fused-ring (bicyclic) bond motifs is 1. The highest BCUT2D eigenvalue weighted by atomic mass is 16.5. The first kappa shape index (κ1) is 22.5. The topological polar surface area (TPSA) is 60.7 Å². The van der Waals surface area contributed by atoms with Gasteiger partial charge in [0.25, 0.3) is 0 Å². The highest BCUT2D eigenvalue weighted by molar-refractivity contribution is 6.01. The molecule has 0 spiro atoms. The van der Waals surface area contributed by atoms with Crippen LogP contribution < -0.4 is 14.8 Å². The lowest BCUT2D eigenvalue weighted by Crippen LogP contribution is -2.22. The third kappa shape index (κ3) is 4.93. The van der Waals surface area contributed by atoms with E-state index in [2.05, 4.69) is 12.2 Å². The highest BCUT2D eigenvalue weighted by Gasteiger charge is 2.19. The molecule has 2 aromatic carbocycles. The quantitative estimate of drug-likeness (QED) is 0.333. The molecular weight excluding hydrogens is 390 g/mol. The third-order valence-corrected chi connectivity index (χ3v) is 5.48. The van der Waals surface area contributed by atoms with Crippen LogP contribution in [0, 0.1) is 6.92 Å². The molecule has 1 amide bonds. The SMILES string of the molecule is CCCCCNC(=O)/C=C(\C)c1cc2c(-c3cccc(OC)c3)coc2c(C)c1OC. The van der Waals surface area contributed by atoms with Gasteiger partial charge < -0.3 is 19.2 Å². The van der Waals surface area contributed by atoms with Crippen LogP contribution in [-0.2, 0) is 4.79 Å². The van der Waals surface area contributed by atoms with Crippen LogP contribution in [0.1, 0.15) is 44.2 Å². The molecule has 164 valence electrons. The van der Waals surface area contributed by atoms with Gasteiger partial charge in [0.1, 0.15) is 17.1 Å². The molecule has 0 fully saturated rings. The first-order chi connectivity index (χ1) is 15.0.